The van der Waals surface area contributed by atoms with Crippen LogP contribution in [0, 0.1) is 5.82 Å². The van der Waals surface area contributed by atoms with E-state index in [0.717, 1.165) is 4.31 Å². The van der Waals surface area contributed by atoms with Gasteiger partial charge in [0, 0.05) is 20.6 Å². The Morgan fingerprint density at radius 2 is 1.77 bits per heavy atom. The second kappa shape index (κ2) is 8.58. The van der Waals surface area contributed by atoms with Crippen molar-refractivity contribution in [2.75, 3.05) is 20.7 Å². The molecule has 2 aromatic carbocycles. The van der Waals surface area contributed by atoms with Gasteiger partial charge in [-0.05, 0) is 49.4 Å². The number of aryl methyl sites for hydroxylation is 1. The quantitative estimate of drug-likeness (QED) is 0.578. The molecule has 0 spiro atoms. The normalized spacial score (nSPS) is 13.1. The summed E-state index contributed by atoms with van der Waals surface area (Å²) >= 11 is 0. The average Bonchev–Trinajstić information content (AvgIpc) is 2.97. The average molecular weight is 437 g/mol. The molecule has 3 aromatic rings. The van der Waals surface area contributed by atoms with Crippen molar-refractivity contribution < 1.29 is 22.7 Å². The summed E-state index contributed by atoms with van der Waals surface area (Å²) in [7, 11) is -0.821. The zero-order valence-electron chi connectivity index (χ0n) is 16.9. The maximum atomic E-state index is 13.0. The SMILES string of the molecule is CCn1c(=O)n(CC(O)COc2ccc(F)cc2)c2cc(S(=O)(=O)N(C)C)ccc21. The summed E-state index contributed by atoms with van der Waals surface area (Å²) < 4.78 is 47.3. The number of sulfonamides is 1. The number of benzene rings is 2. The molecular weight excluding hydrogens is 413 g/mol. The minimum absolute atomic E-state index is 0.0547. The Balaban J connectivity index is 1.92. The number of nitrogens with zero attached hydrogens (tertiary/aromatic N) is 3. The highest BCUT2D eigenvalue weighted by molar-refractivity contribution is 7.89. The summed E-state index contributed by atoms with van der Waals surface area (Å²) in [4.78, 5) is 12.9. The fraction of sp³-hybridized carbons (Fsp3) is 0.350. The van der Waals surface area contributed by atoms with Crippen LogP contribution in [-0.4, -0.2) is 53.8 Å². The van der Waals surface area contributed by atoms with Crippen molar-refractivity contribution in [2.45, 2.75) is 31.0 Å². The van der Waals surface area contributed by atoms with Crippen LogP contribution in [0.4, 0.5) is 4.39 Å². The number of hydrogen-bond donors (Lipinski definition) is 1. The Morgan fingerprint density at radius 3 is 2.37 bits per heavy atom. The molecule has 0 saturated carbocycles. The van der Waals surface area contributed by atoms with Crippen LogP contribution in [0.2, 0.25) is 0 Å². The first-order valence-electron chi connectivity index (χ1n) is 9.37. The van der Waals surface area contributed by atoms with Crippen LogP contribution < -0.4 is 10.4 Å². The highest BCUT2D eigenvalue weighted by Crippen LogP contribution is 2.21. The fourth-order valence-corrected chi connectivity index (χ4v) is 4.06. The highest BCUT2D eigenvalue weighted by atomic mass is 32.2. The van der Waals surface area contributed by atoms with Crippen molar-refractivity contribution >= 4 is 21.1 Å². The van der Waals surface area contributed by atoms with Gasteiger partial charge in [-0.3, -0.25) is 9.13 Å². The Hall–Kier alpha value is -2.69. The van der Waals surface area contributed by atoms with E-state index in [4.69, 9.17) is 4.74 Å². The Bertz CT molecular complexity index is 1200. The fourth-order valence-electron chi connectivity index (χ4n) is 3.14. The van der Waals surface area contributed by atoms with Gasteiger partial charge in [0.1, 0.15) is 24.3 Å². The second-order valence-electron chi connectivity index (χ2n) is 6.99. The molecule has 1 unspecified atom stereocenters. The number of aromatic nitrogens is 2. The predicted molar refractivity (Wildman–Crippen MR) is 111 cm³/mol. The van der Waals surface area contributed by atoms with Crippen LogP contribution in [0.25, 0.3) is 11.0 Å². The largest absolute Gasteiger partial charge is 0.491 e. The van der Waals surface area contributed by atoms with E-state index in [0.29, 0.717) is 23.3 Å². The summed E-state index contributed by atoms with van der Waals surface area (Å²) in [6.07, 6.45) is -1.04. The van der Waals surface area contributed by atoms with Crippen molar-refractivity contribution in [1.82, 2.24) is 13.4 Å². The van der Waals surface area contributed by atoms with Crippen molar-refractivity contribution in [3.8, 4) is 5.75 Å². The number of aliphatic hydroxyl groups excluding tert-OH is 1. The highest BCUT2D eigenvalue weighted by Gasteiger charge is 2.21. The van der Waals surface area contributed by atoms with E-state index in [1.165, 1.54) is 59.6 Å². The van der Waals surface area contributed by atoms with Crippen molar-refractivity contribution in [2.24, 2.45) is 0 Å². The molecule has 3 rings (SSSR count). The predicted octanol–water partition coefficient (Wildman–Crippen LogP) is 1.65. The summed E-state index contributed by atoms with van der Waals surface area (Å²) in [5.74, 6) is -0.0107. The Kier molecular flexibility index (Phi) is 6.30. The molecule has 1 aromatic heterocycles. The molecule has 1 atom stereocenters. The van der Waals surface area contributed by atoms with Gasteiger partial charge in [0.05, 0.1) is 22.5 Å². The molecule has 8 nitrogen and oxygen atoms in total. The molecule has 0 bridgehead atoms. The van der Waals surface area contributed by atoms with Gasteiger partial charge < -0.3 is 9.84 Å². The van der Waals surface area contributed by atoms with E-state index in [-0.39, 0.29) is 23.7 Å². The third kappa shape index (κ3) is 4.25. The molecule has 10 heteroatoms. The lowest BCUT2D eigenvalue weighted by molar-refractivity contribution is 0.0924. The minimum Gasteiger partial charge on any atom is -0.491 e. The monoisotopic (exact) mass is 437 g/mol. The lowest BCUT2D eigenvalue weighted by atomic mass is 10.3. The molecule has 0 aliphatic rings. The number of aliphatic hydroxyl groups is 1. The number of imidazole rings is 1. The number of fused-ring (bicyclic) bond motifs is 1. The van der Waals surface area contributed by atoms with Gasteiger partial charge in [-0.25, -0.2) is 21.9 Å². The maximum Gasteiger partial charge on any atom is 0.329 e. The molecule has 0 fully saturated rings. The van der Waals surface area contributed by atoms with Gasteiger partial charge >= 0.3 is 5.69 Å². The first-order valence-corrected chi connectivity index (χ1v) is 10.8. The van der Waals surface area contributed by atoms with E-state index in [9.17, 15) is 22.7 Å². The number of hydrogen-bond acceptors (Lipinski definition) is 5. The van der Waals surface area contributed by atoms with Gasteiger partial charge in [0.25, 0.3) is 0 Å². The van der Waals surface area contributed by atoms with Crippen molar-refractivity contribution in [3.05, 3.63) is 58.8 Å². The summed E-state index contributed by atoms with van der Waals surface area (Å²) in [6.45, 7) is 2.00. The molecule has 0 aliphatic heterocycles. The maximum absolute atomic E-state index is 13.0. The van der Waals surface area contributed by atoms with E-state index in [1.807, 2.05) is 6.92 Å². The number of halogens is 1. The standard InChI is InChI=1S/C20H24FN3O5S/c1-4-23-18-10-9-17(30(27,28)22(2)3)11-19(18)24(20(23)26)12-15(25)13-29-16-7-5-14(21)6-8-16/h5-11,15,25H,4,12-13H2,1-3H3. The van der Waals surface area contributed by atoms with Crippen LogP contribution in [0.15, 0.2) is 52.2 Å². The lowest BCUT2D eigenvalue weighted by Gasteiger charge is -2.14. The number of ether oxygens (including phenoxy) is 1. The number of rotatable bonds is 8. The van der Waals surface area contributed by atoms with Crippen LogP contribution in [0.5, 0.6) is 5.75 Å². The second-order valence-corrected chi connectivity index (χ2v) is 9.15. The first kappa shape index (κ1) is 22.0. The molecule has 1 heterocycles. The van der Waals surface area contributed by atoms with E-state index in [2.05, 4.69) is 0 Å². The Morgan fingerprint density at radius 1 is 1.10 bits per heavy atom. The lowest BCUT2D eigenvalue weighted by Crippen LogP contribution is -2.31. The van der Waals surface area contributed by atoms with Gasteiger partial charge in [0.15, 0.2) is 0 Å². The van der Waals surface area contributed by atoms with E-state index < -0.39 is 21.9 Å². The van der Waals surface area contributed by atoms with Gasteiger partial charge in [-0.15, -0.1) is 0 Å². The van der Waals surface area contributed by atoms with Crippen LogP contribution in [-0.2, 0) is 23.1 Å². The Labute approximate surface area is 173 Å². The summed E-state index contributed by atoms with van der Waals surface area (Å²) in [5, 5.41) is 10.4. The van der Waals surface area contributed by atoms with Crippen LogP contribution in [0.3, 0.4) is 0 Å². The molecule has 30 heavy (non-hydrogen) atoms. The summed E-state index contributed by atoms with van der Waals surface area (Å²) in [5.41, 5.74) is 0.630. The van der Waals surface area contributed by atoms with E-state index >= 15 is 0 Å². The smallest absolute Gasteiger partial charge is 0.329 e. The third-order valence-corrected chi connectivity index (χ3v) is 6.55. The molecule has 162 valence electrons. The third-order valence-electron chi connectivity index (χ3n) is 4.73. The van der Waals surface area contributed by atoms with Crippen LogP contribution in [0.1, 0.15) is 6.92 Å². The molecule has 0 aliphatic carbocycles. The zero-order chi connectivity index (χ0) is 22.1. The molecule has 0 amide bonds. The van der Waals surface area contributed by atoms with Gasteiger partial charge in [-0.1, -0.05) is 0 Å². The van der Waals surface area contributed by atoms with Crippen LogP contribution >= 0.6 is 0 Å². The first-order chi connectivity index (χ1) is 14.1. The molecule has 0 radical (unpaired) electrons. The summed E-state index contributed by atoms with van der Waals surface area (Å²) in [6, 6.07) is 9.86. The topological polar surface area (TPSA) is 93.8 Å². The van der Waals surface area contributed by atoms with Gasteiger partial charge in [0.2, 0.25) is 10.0 Å². The van der Waals surface area contributed by atoms with Gasteiger partial charge in [-0.2, -0.15) is 0 Å². The van der Waals surface area contributed by atoms with Crippen molar-refractivity contribution in [1.29, 1.82) is 0 Å². The molecule has 0 saturated heterocycles. The molecular formula is C20H24FN3O5S. The minimum atomic E-state index is -3.68. The zero-order valence-corrected chi connectivity index (χ0v) is 17.8. The molecule has 1 N–H and O–H groups in total. The van der Waals surface area contributed by atoms with Crippen molar-refractivity contribution in [3.63, 3.8) is 0 Å². The van der Waals surface area contributed by atoms with E-state index in [1.54, 1.807) is 6.07 Å².